The average Bonchev–Trinajstić information content (AvgIpc) is 3.26. The van der Waals surface area contributed by atoms with E-state index in [1.165, 1.54) is 20.0 Å². The van der Waals surface area contributed by atoms with Gasteiger partial charge >= 0.3 is 0 Å². The van der Waals surface area contributed by atoms with Gasteiger partial charge in [-0.1, -0.05) is 42.5 Å². The molecular formula is C24H31N3O3. The van der Waals surface area contributed by atoms with E-state index in [2.05, 4.69) is 10.2 Å². The maximum absolute atomic E-state index is 12.7. The van der Waals surface area contributed by atoms with Crippen LogP contribution in [0.2, 0.25) is 0 Å². The molecule has 0 spiro atoms. The molecule has 6 nitrogen and oxygen atoms in total. The fraction of sp³-hybridized carbons (Fsp3) is 0.417. The Kier molecular flexibility index (Phi) is 8.41. The molecule has 1 heterocycles. The number of methoxy groups -OCH3 is 1. The summed E-state index contributed by atoms with van der Waals surface area (Å²) in [6, 6.07) is 17.5. The maximum atomic E-state index is 12.7. The second-order valence-electron chi connectivity index (χ2n) is 7.64. The van der Waals surface area contributed by atoms with Crippen molar-refractivity contribution in [2.75, 3.05) is 44.8 Å². The van der Waals surface area contributed by atoms with E-state index in [0.29, 0.717) is 19.5 Å². The van der Waals surface area contributed by atoms with Crippen molar-refractivity contribution in [2.24, 2.45) is 0 Å². The van der Waals surface area contributed by atoms with E-state index in [0.717, 1.165) is 36.4 Å². The Morgan fingerprint density at radius 1 is 1.03 bits per heavy atom. The number of nitrogens with zero attached hydrogens (tertiary/aromatic N) is 2. The highest BCUT2D eigenvalue weighted by Gasteiger charge is 2.17. The number of benzene rings is 2. The molecule has 3 rings (SSSR count). The summed E-state index contributed by atoms with van der Waals surface area (Å²) in [4.78, 5) is 29.1. The van der Waals surface area contributed by atoms with Gasteiger partial charge in [-0.05, 0) is 49.2 Å². The molecule has 0 atom stereocenters. The van der Waals surface area contributed by atoms with Crippen LogP contribution < -0.4 is 10.2 Å². The predicted molar refractivity (Wildman–Crippen MR) is 118 cm³/mol. The van der Waals surface area contributed by atoms with Crippen LogP contribution in [0.3, 0.4) is 0 Å². The van der Waals surface area contributed by atoms with E-state index in [4.69, 9.17) is 4.74 Å². The molecule has 30 heavy (non-hydrogen) atoms. The molecule has 0 aliphatic carbocycles. The molecular weight excluding hydrogens is 378 g/mol. The molecule has 0 aromatic heterocycles. The van der Waals surface area contributed by atoms with E-state index < -0.39 is 0 Å². The quantitative estimate of drug-likeness (QED) is 0.655. The van der Waals surface area contributed by atoms with Crippen molar-refractivity contribution < 1.29 is 14.3 Å². The van der Waals surface area contributed by atoms with Crippen LogP contribution >= 0.6 is 0 Å². The zero-order chi connectivity index (χ0) is 21.2. The first-order valence-corrected chi connectivity index (χ1v) is 10.6. The van der Waals surface area contributed by atoms with Gasteiger partial charge in [-0.3, -0.25) is 9.59 Å². The lowest BCUT2D eigenvalue weighted by atomic mass is 10.1. The molecule has 2 amide bonds. The Labute approximate surface area is 178 Å². The molecule has 0 unspecified atom stereocenters. The van der Waals surface area contributed by atoms with Gasteiger partial charge in [0.2, 0.25) is 5.91 Å². The van der Waals surface area contributed by atoms with E-state index in [-0.39, 0.29) is 18.4 Å². The first kappa shape index (κ1) is 22.0. The molecule has 6 heteroatoms. The van der Waals surface area contributed by atoms with Crippen LogP contribution in [0.5, 0.6) is 0 Å². The van der Waals surface area contributed by atoms with Gasteiger partial charge in [0.25, 0.3) is 5.91 Å². The lowest BCUT2D eigenvalue weighted by Gasteiger charge is -2.23. The number of nitrogens with one attached hydrogen (secondary N) is 1. The van der Waals surface area contributed by atoms with Gasteiger partial charge in [-0.25, -0.2) is 0 Å². The van der Waals surface area contributed by atoms with Gasteiger partial charge in [-0.2, -0.15) is 0 Å². The number of carbonyl (C=O) groups excluding carboxylic acids is 2. The Balaban J connectivity index is 1.62. The fourth-order valence-corrected chi connectivity index (χ4v) is 3.73. The molecule has 0 radical (unpaired) electrons. The molecule has 1 saturated heterocycles. The molecule has 2 aromatic rings. The SMILES string of the molecule is COCC(=O)N(Cc1ccccc1)c1cccc(CC(=O)NCCN2CCCC2)c1. The summed E-state index contributed by atoms with van der Waals surface area (Å²) >= 11 is 0. The highest BCUT2D eigenvalue weighted by atomic mass is 16.5. The Bertz CT molecular complexity index is 819. The molecule has 160 valence electrons. The summed E-state index contributed by atoms with van der Waals surface area (Å²) in [7, 11) is 1.52. The zero-order valence-corrected chi connectivity index (χ0v) is 17.7. The van der Waals surface area contributed by atoms with Crippen LogP contribution in [0, 0.1) is 0 Å². The van der Waals surface area contributed by atoms with Gasteiger partial charge in [-0.15, -0.1) is 0 Å². The minimum Gasteiger partial charge on any atom is -0.375 e. The van der Waals surface area contributed by atoms with Gasteiger partial charge < -0.3 is 19.9 Å². The monoisotopic (exact) mass is 409 g/mol. The van der Waals surface area contributed by atoms with Crippen LogP contribution in [-0.2, 0) is 27.3 Å². The summed E-state index contributed by atoms with van der Waals surface area (Å²) < 4.78 is 5.07. The number of hydrogen-bond donors (Lipinski definition) is 1. The van der Waals surface area contributed by atoms with Crippen molar-refractivity contribution in [1.82, 2.24) is 10.2 Å². The van der Waals surface area contributed by atoms with Crippen molar-refractivity contribution >= 4 is 17.5 Å². The molecule has 0 bridgehead atoms. The Morgan fingerprint density at radius 2 is 1.77 bits per heavy atom. The average molecular weight is 410 g/mol. The molecule has 0 saturated carbocycles. The Hall–Kier alpha value is -2.70. The molecule has 2 aromatic carbocycles. The molecule has 1 N–H and O–H groups in total. The van der Waals surface area contributed by atoms with Crippen molar-refractivity contribution in [3.63, 3.8) is 0 Å². The lowest BCUT2D eigenvalue weighted by Crippen LogP contribution is -2.34. The van der Waals surface area contributed by atoms with Crippen LogP contribution in [0.25, 0.3) is 0 Å². The predicted octanol–water partition coefficient (Wildman–Crippen LogP) is 2.62. The molecule has 1 fully saturated rings. The van der Waals surface area contributed by atoms with E-state index in [1.807, 2.05) is 54.6 Å². The number of anilines is 1. The normalized spacial score (nSPS) is 13.9. The maximum Gasteiger partial charge on any atom is 0.253 e. The van der Waals surface area contributed by atoms with Gasteiger partial charge in [0.15, 0.2) is 0 Å². The topological polar surface area (TPSA) is 61.9 Å². The third-order valence-electron chi connectivity index (χ3n) is 5.29. The smallest absolute Gasteiger partial charge is 0.253 e. The summed E-state index contributed by atoms with van der Waals surface area (Å²) in [5.74, 6) is -0.113. The summed E-state index contributed by atoms with van der Waals surface area (Å²) in [6.45, 7) is 4.30. The van der Waals surface area contributed by atoms with Crippen molar-refractivity contribution in [3.8, 4) is 0 Å². The fourth-order valence-electron chi connectivity index (χ4n) is 3.73. The van der Waals surface area contributed by atoms with Crippen LogP contribution in [0.4, 0.5) is 5.69 Å². The molecule has 1 aliphatic heterocycles. The van der Waals surface area contributed by atoms with E-state index >= 15 is 0 Å². The summed E-state index contributed by atoms with van der Waals surface area (Å²) in [5, 5.41) is 3.01. The first-order valence-electron chi connectivity index (χ1n) is 10.6. The third-order valence-corrected chi connectivity index (χ3v) is 5.29. The number of carbonyl (C=O) groups is 2. The number of ether oxygens (including phenoxy) is 1. The van der Waals surface area contributed by atoms with Crippen LogP contribution in [0.1, 0.15) is 24.0 Å². The van der Waals surface area contributed by atoms with Crippen LogP contribution in [-0.4, -0.2) is 56.6 Å². The van der Waals surface area contributed by atoms with Crippen molar-refractivity contribution in [1.29, 1.82) is 0 Å². The standard InChI is InChI=1S/C24H31N3O3/c1-30-19-24(29)27(18-20-8-3-2-4-9-20)22-11-7-10-21(16-22)17-23(28)25-12-15-26-13-5-6-14-26/h2-4,7-11,16H,5-6,12-15,17-19H2,1H3,(H,25,28). The second kappa shape index (κ2) is 11.5. The van der Waals surface area contributed by atoms with Crippen LogP contribution in [0.15, 0.2) is 54.6 Å². The summed E-state index contributed by atoms with van der Waals surface area (Å²) in [5.41, 5.74) is 2.68. The summed E-state index contributed by atoms with van der Waals surface area (Å²) in [6.07, 6.45) is 2.80. The highest BCUT2D eigenvalue weighted by molar-refractivity contribution is 5.94. The molecule has 1 aliphatic rings. The van der Waals surface area contributed by atoms with Crippen molar-refractivity contribution in [3.05, 3.63) is 65.7 Å². The lowest BCUT2D eigenvalue weighted by molar-refractivity contribution is -0.122. The minimum absolute atomic E-state index is 0.00387. The van der Waals surface area contributed by atoms with E-state index in [1.54, 1.807) is 4.90 Å². The number of likely N-dealkylation sites (tertiary alicyclic amines) is 1. The zero-order valence-electron chi connectivity index (χ0n) is 17.7. The third kappa shape index (κ3) is 6.68. The number of hydrogen-bond acceptors (Lipinski definition) is 4. The van der Waals surface area contributed by atoms with Gasteiger partial charge in [0.1, 0.15) is 6.61 Å². The Morgan fingerprint density at radius 3 is 2.50 bits per heavy atom. The number of rotatable bonds is 10. The first-order chi connectivity index (χ1) is 14.7. The highest BCUT2D eigenvalue weighted by Crippen LogP contribution is 2.20. The minimum atomic E-state index is -0.117. The van der Waals surface area contributed by atoms with E-state index in [9.17, 15) is 9.59 Å². The van der Waals surface area contributed by atoms with Gasteiger partial charge in [0.05, 0.1) is 13.0 Å². The van der Waals surface area contributed by atoms with Gasteiger partial charge in [0, 0.05) is 25.9 Å². The second-order valence-corrected chi connectivity index (χ2v) is 7.64. The van der Waals surface area contributed by atoms with Crippen molar-refractivity contribution in [2.45, 2.75) is 25.8 Å². The largest absolute Gasteiger partial charge is 0.375 e. The number of amides is 2.